The molecule has 4 heteroatoms. The fourth-order valence-electron chi connectivity index (χ4n) is 3.15. The largest absolute Gasteiger partial charge is 0.508 e. The first kappa shape index (κ1) is 15.3. The summed E-state index contributed by atoms with van der Waals surface area (Å²) in [5, 5.41) is 22.3. The Morgan fingerprint density at radius 2 is 2.10 bits per heavy atom. The summed E-state index contributed by atoms with van der Waals surface area (Å²) in [5.74, 6) is 0.893. The molecule has 0 saturated heterocycles. The molecule has 20 heavy (non-hydrogen) atoms. The number of aliphatic hydroxyl groups excluding tert-OH is 1. The highest BCUT2D eigenvalue weighted by molar-refractivity contribution is 5.50. The molecule has 4 nitrogen and oxygen atoms in total. The minimum absolute atomic E-state index is 0.0775. The van der Waals surface area contributed by atoms with Crippen molar-refractivity contribution in [1.29, 1.82) is 0 Å². The maximum atomic E-state index is 10.1. The van der Waals surface area contributed by atoms with E-state index >= 15 is 0 Å². The molecule has 0 saturated carbocycles. The van der Waals surface area contributed by atoms with Crippen molar-refractivity contribution < 1.29 is 14.9 Å². The van der Waals surface area contributed by atoms with Gasteiger partial charge in [0.25, 0.3) is 0 Å². The monoisotopic (exact) mass is 279 g/mol. The zero-order valence-corrected chi connectivity index (χ0v) is 12.4. The van der Waals surface area contributed by atoms with Gasteiger partial charge >= 0.3 is 0 Å². The van der Waals surface area contributed by atoms with Gasteiger partial charge in [0.1, 0.15) is 5.75 Å². The third kappa shape index (κ3) is 3.32. The SMILES string of the molecule is Cc1ccc(O)c2c1C(C)CC2NCCCOCCO. The smallest absolute Gasteiger partial charge is 0.120 e. The summed E-state index contributed by atoms with van der Waals surface area (Å²) in [5.41, 5.74) is 3.65. The Kier molecular flexibility index (Phi) is 5.40. The molecule has 3 N–H and O–H groups in total. The molecule has 2 unspecified atom stereocenters. The van der Waals surface area contributed by atoms with E-state index in [1.165, 1.54) is 11.1 Å². The number of rotatable bonds is 7. The first-order valence-electron chi connectivity index (χ1n) is 7.39. The Bertz CT molecular complexity index is 448. The van der Waals surface area contributed by atoms with Crippen molar-refractivity contribution in [2.45, 2.75) is 38.6 Å². The quantitative estimate of drug-likeness (QED) is 0.670. The molecular weight excluding hydrogens is 254 g/mol. The Balaban J connectivity index is 1.91. The average molecular weight is 279 g/mol. The molecule has 112 valence electrons. The normalized spacial score (nSPS) is 21.1. The van der Waals surface area contributed by atoms with Crippen LogP contribution in [0.1, 0.15) is 48.4 Å². The number of hydrogen-bond acceptors (Lipinski definition) is 4. The Morgan fingerprint density at radius 1 is 1.30 bits per heavy atom. The summed E-state index contributed by atoms with van der Waals surface area (Å²) in [4.78, 5) is 0. The van der Waals surface area contributed by atoms with Gasteiger partial charge in [-0.2, -0.15) is 0 Å². The van der Waals surface area contributed by atoms with Crippen molar-refractivity contribution in [1.82, 2.24) is 5.32 Å². The van der Waals surface area contributed by atoms with E-state index in [2.05, 4.69) is 19.2 Å². The van der Waals surface area contributed by atoms with Gasteiger partial charge in [-0.15, -0.1) is 0 Å². The Hall–Kier alpha value is -1.10. The van der Waals surface area contributed by atoms with Gasteiger partial charge in [-0.1, -0.05) is 13.0 Å². The van der Waals surface area contributed by atoms with Crippen LogP contribution in [0.15, 0.2) is 12.1 Å². The molecule has 1 aromatic carbocycles. The van der Waals surface area contributed by atoms with Crippen LogP contribution in [0.4, 0.5) is 0 Å². The number of fused-ring (bicyclic) bond motifs is 1. The van der Waals surface area contributed by atoms with Crippen LogP contribution in [-0.2, 0) is 4.74 Å². The minimum atomic E-state index is 0.0775. The van der Waals surface area contributed by atoms with E-state index in [-0.39, 0.29) is 12.6 Å². The van der Waals surface area contributed by atoms with Gasteiger partial charge in [0.15, 0.2) is 0 Å². The highest BCUT2D eigenvalue weighted by Crippen LogP contribution is 2.45. The lowest BCUT2D eigenvalue weighted by Gasteiger charge is -2.15. The highest BCUT2D eigenvalue weighted by Gasteiger charge is 2.31. The molecule has 0 aromatic heterocycles. The highest BCUT2D eigenvalue weighted by atomic mass is 16.5. The molecule has 2 rings (SSSR count). The predicted octanol–water partition coefficient (Wildman–Crippen LogP) is 2.24. The number of benzene rings is 1. The van der Waals surface area contributed by atoms with Crippen LogP contribution in [-0.4, -0.2) is 36.6 Å². The topological polar surface area (TPSA) is 61.7 Å². The molecule has 0 bridgehead atoms. The van der Waals surface area contributed by atoms with Crippen LogP contribution in [0.2, 0.25) is 0 Å². The van der Waals surface area contributed by atoms with Gasteiger partial charge in [0.05, 0.1) is 13.2 Å². The van der Waals surface area contributed by atoms with Crippen LogP contribution in [0.5, 0.6) is 5.75 Å². The molecule has 1 aliphatic rings. The van der Waals surface area contributed by atoms with Gasteiger partial charge in [-0.25, -0.2) is 0 Å². The van der Waals surface area contributed by atoms with E-state index in [9.17, 15) is 5.11 Å². The molecular formula is C16H25NO3. The first-order valence-corrected chi connectivity index (χ1v) is 7.39. The molecule has 0 heterocycles. The van der Waals surface area contributed by atoms with Gasteiger partial charge < -0.3 is 20.3 Å². The van der Waals surface area contributed by atoms with Gasteiger partial charge in [-0.05, 0) is 49.4 Å². The van der Waals surface area contributed by atoms with Gasteiger partial charge in [0, 0.05) is 18.2 Å². The predicted molar refractivity (Wildman–Crippen MR) is 79.1 cm³/mol. The van der Waals surface area contributed by atoms with Gasteiger partial charge in [0.2, 0.25) is 0 Å². The van der Waals surface area contributed by atoms with E-state index in [4.69, 9.17) is 9.84 Å². The standard InChI is InChI=1S/C16H25NO3/c1-11-4-5-14(19)16-13(10-12(2)15(11)16)17-6-3-8-20-9-7-18/h4-5,12-13,17-19H,3,6-10H2,1-2H3. The lowest BCUT2D eigenvalue weighted by atomic mass is 9.97. The van der Waals surface area contributed by atoms with E-state index in [1.54, 1.807) is 6.07 Å². The molecule has 1 aromatic rings. The lowest BCUT2D eigenvalue weighted by Crippen LogP contribution is -2.22. The van der Waals surface area contributed by atoms with Crippen LogP contribution < -0.4 is 5.32 Å². The summed E-state index contributed by atoms with van der Waals surface area (Å²) < 4.78 is 5.24. The average Bonchev–Trinajstić information content (AvgIpc) is 2.76. The van der Waals surface area contributed by atoms with E-state index in [0.29, 0.717) is 24.9 Å². The fraction of sp³-hybridized carbons (Fsp3) is 0.625. The van der Waals surface area contributed by atoms with Crippen LogP contribution in [0.25, 0.3) is 0 Å². The summed E-state index contributed by atoms with van der Waals surface area (Å²) in [6, 6.07) is 4.03. The maximum absolute atomic E-state index is 10.1. The van der Waals surface area contributed by atoms with E-state index < -0.39 is 0 Å². The number of aliphatic hydroxyl groups is 1. The van der Waals surface area contributed by atoms with Crippen LogP contribution in [0.3, 0.4) is 0 Å². The summed E-state index contributed by atoms with van der Waals surface area (Å²) in [7, 11) is 0. The second kappa shape index (κ2) is 7.07. The molecule has 0 fully saturated rings. The fourth-order valence-corrected chi connectivity index (χ4v) is 3.15. The van der Waals surface area contributed by atoms with E-state index in [0.717, 1.165) is 24.9 Å². The second-order valence-electron chi connectivity index (χ2n) is 5.56. The minimum Gasteiger partial charge on any atom is -0.508 e. The number of ether oxygens (including phenoxy) is 1. The number of phenols is 1. The molecule has 1 aliphatic carbocycles. The zero-order valence-electron chi connectivity index (χ0n) is 12.4. The van der Waals surface area contributed by atoms with Crippen molar-refractivity contribution in [3.05, 3.63) is 28.8 Å². The molecule has 0 spiro atoms. The molecule has 0 amide bonds. The number of aryl methyl sites for hydroxylation is 1. The number of hydrogen-bond donors (Lipinski definition) is 3. The lowest BCUT2D eigenvalue weighted by molar-refractivity contribution is 0.0903. The number of phenolic OH excluding ortho intramolecular Hbond substituents is 1. The molecule has 0 aliphatic heterocycles. The summed E-state index contributed by atoms with van der Waals surface area (Å²) >= 11 is 0. The van der Waals surface area contributed by atoms with Crippen molar-refractivity contribution in [3.63, 3.8) is 0 Å². The van der Waals surface area contributed by atoms with Crippen molar-refractivity contribution in [3.8, 4) is 5.75 Å². The summed E-state index contributed by atoms with van der Waals surface area (Å²) in [6.07, 6.45) is 1.94. The van der Waals surface area contributed by atoms with Gasteiger partial charge in [-0.3, -0.25) is 0 Å². The number of nitrogens with one attached hydrogen (secondary N) is 1. The van der Waals surface area contributed by atoms with Crippen LogP contribution in [0, 0.1) is 6.92 Å². The Labute approximate surface area is 120 Å². The summed E-state index contributed by atoms with van der Waals surface area (Å²) in [6.45, 7) is 6.33. The maximum Gasteiger partial charge on any atom is 0.120 e. The second-order valence-corrected chi connectivity index (χ2v) is 5.56. The molecule has 0 radical (unpaired) electrons. The van der Waals surface area contributed by atoms with E-state index in [1.807, 2.05) is 6.07 Å². The zero-order chi connectivity index (χ0) is 14.5. The first-order chi connectivity index (χ1) is 9.65. The van der Waals surface area contributed by atoms with Crippen LogP contribution >= 0.6 is 0 Å². The Morgan fingerprint density at radius 3 is 2.85 bits per heavy atom. The molecule has 2 atom stereocenters. The van der Waals surface area contributed by atoms with Crippen molar-refractivity contribution in [2.24, 2.45) is 0 Å². The van der Waals surface area contributed by atoms with Crippen molar-refractivity contribution >= 4 is 0 Å². The van der Waals surface area contributed by atoms with Crippen molar-refractivity contribution in [2.75, 3.05) is 26.4 Å². The number of aromatic hydroxyl groups is 1. The third-order valence-corrected chi connectivity index (χ3v) is 4.00. The third-order valence-electron chi connectivity index (χ3n) is 4.00.